The van der Waals surface area contributed by atoms with Crippen LogP contribution in [0.4, 0.5) is 4.79 Å². The van der Waals surface area contributed by atoms with Crippen LogP contribution in [0.15, 0.2) is 71.3 Å². The molecule has 5 rings (SSSR count). The largest absolute Gasteiger partial charge is 0.493 e. The number of carbonyl (C=O) groups excluding carboxylic acids is 3. The van der Waals surface area contributed by atoms with Crippen LogP contribution in [0.5, 0.6) is 5.75 Å². The second-order valence-corrected chi connectivity index (χ2v) is 10.4. The summed E-state index contributed by atoms with van der Waals surface area (Å²) in [6.07, 6.45) is 6.53. The lowest BCUT2D eigenvalue weighted by Gasteiger charge is -2.24. The molecule has 2 unspecified atom stereocenters. The molecular formula is C29H30N2O5S. The highest BCUT2D eigenvalue weighted by Gasteiger charge is 2.34. The molecule has 2 aliphatic rings. The maximum atomic E-state index is 13.5. The van der Waals surface area contributed by atoms with Gasteiger partial charge in [-0.1, -0.05) is 54.9 Å². The summed E-state index contributed by atoms with van der Waals surface area (Å²) in [5.74, 6) is 0.983. The first kappa shape index (κ1) is 23.9. The summed E-state index contributed by atoms with van der Waals surface area (Å²) in [6, 6.07) is 18.5. The highest BCUT2D eigenvalue weighted by atomic mass is 32.2. The van der Waals surface area contributed by atoms with Crippen LogP contribution in [-0.2, 0) is 11.3 Å². The van der Waals surface area contributed by atoms with Crippen molar-refractivity contribution in [2.45, 2.75) is 56.3 Å². The summed E-state index contributed by atoms with van der Waals surface area (Å²) in [6.45, 7) is -0.412. The number of rotatable bonds is 12. The number of para-hydroxylation sites is 1. The molecule has 2 atom stereocenters. The lowest BCUT2D eigenvalue weighted by atomic mass is 10.1. The maximum absolute atomic E-state index is 13.5. The number of benzene rings is 2. The van der Waals surface area contributed by atoms with Gasteiger partial charge in [0.2, 0.25) is 5.91 Å². The number of ether oxygens (including phenoxy) is 1. The van der Waals surface area contributed by atoms with Crippen LogP contribution in [0.1, 0.15) is 55.8 Å². The molecule has 0 radical (unpaired) electrons. The minimum Gasteiger partial charge on any atom is -0.493 e. The molecule has 0 bridgehead atoms. The van der Waals surface area contributed by atoms with Crippen molar-refractivity contribution < 1.29 is 24.9 Å². The van der Waals surface area contributed by atoms with Crippen LogP contribution < -0.4 is 10.1 Å². The summed E-state index contributed by atoms with van der Waals surface area (Å²) >= 11 is 1.06. The van der Waals surface area contributed by atoms with E-state index in [0.717, 1.165) is 55.2 Å². The van der Waals surface area contributed by atoms with Crippen LogP contribution in [0.2, 0.25) is 0 Å². The van der Waals surface area contributed by atoms with Crippen molar-refractivity contribution in [2.75, 3.05) is 6.61 Å². The topological polar surface area (TPSA) is 88.9 Å². The van der Waals surface area contributed by atoms with E-state index in [0.29, 0.717) is 29.9 Å². The third kappa shape index (κ3) is 6.43. The van der Waals surface area contributed by atoms with Crippen molar-refractivity contribution in [1.82, 2.24) is 10.2 Å². The minimum atomic E-state index is -0.883. The van der Waals surface area contributed by atoms with Crippen LogP contribution in [0.25, 0.3) is 11.3 Å². The standard InChI is InChI=1S/C29H30N2O5S/c32-27-26(37-29(34)30-27)10-2-1-5-17-35-25-8-4-3-7-22(25)19-31(23-15-16-23)28(33)21-13-11-20(12-14-21)24-9-6-18-36-24/h3-4,6-9,11-14,18,23,26H,1-2,5,10,15-17,19H2,(H,30,32,34)/i19D. The molecule has 3 amide bonds. The zero-order valence-electron chi connectivity index (χ0n) is 21.4. The Kier molecular flexibility index (Phi) is 7.53. The fourth-order valence-electron chi connectivity index (χ4n) is 4.29. The molecule has 1 N–H and O–H groups in total. The molecular weight excluding hydrogens is 488 g/mol. The molecule has 1 aliphatic carbocycles. The van der Waals surface area contributed by atoms with Gasteiger partial charge in [0.05, 0.1) is 19.5 Å². The number of amides is 3. The first-order chi connectivity index (χ1) is 18.5. The lowest BCUT2D eigenvalue weighted by Crippen LogP contribution is -2.32. The number of hydrogen-bond donors (Lipinski definition) is 1. The monoisotopic (exact) mass is 519 g/mol. The molecule has 1 saturated heterocycles. The fraction of sp³-hybridized carbons (Fsp3) is 0.345. The normalized spacial score (nSPS) is 18.3. The third-order valence-corrected chi connectivity index (χ3v) is 7.50. The van der Waals surface area contributed by atoms with Crippen molar-refractivity contribution in [2.24, 2.45) is 0 Å². The van der Waals surface area contributed by atoms with E-state index >= 15 is 0 Å². The molecule has 2 fully saturated rings. The summed E-state index contributed by atoms with van der Waals surface area (Å²) in [4.78, 5) is 38.1. The second kappa shape index (κ2) is 11.7. The Morgan fingerprint density at radius 3 is 2.57 bits per heavy atom. The van der Waals surface area contributed by atoms with Crippen molar-refractivity contribution in [3.05, 3.63) is 78.1 Å². The Hall–Kier alpha value is -3.52. The molecule has 0 spiro atoms. The number of thioether (sulfide) groups is 1. The van der Waals surface area contributed by atoms with Gasteiger partial charge in [0, 0.05) is 29.3 Å². The van der Waals surface area contributed by atoms with Crippen molar-refractivity contribution in [3.8, 4) is 17.1 Å². The molecule has 192 valence electrons. The van der Waals surface area contributed by atoms with Crippen molar-refractivity contribution >= 4 is 28.8 Å². The number of unbranched alkanes of at least 4 members (excludes halogenated alkanes) is 2. The van der Waals surface area contributed by atoms with E-state index in [1.165, 1.54) is 0 Å². The predicted molar refractivity (Wildman–Crippen MR) is 142 cm³/mol. The Balaban J connectivity index is 1.19. The summed E-state index contributed by atoms with van der Waals surface area (Å²) < 4.78 is 20.5. The van der Waals surface area contributed by atoms with Gasteiger partial charge in [-0.3, -0.25) is 19.7 Å². The highest BCUT2D eigenvalue weighted by molar-refractivity contribution is 8.15. The molecule has 1 saturated carbocycles. The number of imide groups is 1. The highest BCUT2D eigenvalue weighted by Crippen LogP contribution is 2.32. The summed E-state index contributed by atoms with van der Waals surface area (Å²) in [7, 11) is 0. The summed E-state index contributed by atoms with van der Waals surface area (Å²) in [5.41, 5.74) is 2.10. The van der Waals surface area contributed by atoms with Crippen LogP contribution >= 0.6 is 11.8 Å². The number of nitrogens with zero attached hydrogens (tertiary/aromatic N) is 1. The van der Waals surface area contributed by atoms with E-state index in [2.05, 4.69) is 5.32 Å². The van der Waals surface area contributed by atoms with E-state index in [1.54, 1.807) is 23.3 Å². The van der Waals surface area contributed by atoms with Crippen LogP contribution in [0, 0.1) is 0 Å². The van der Waals surface area contributed by atoms with Crippen LogP contribution in [-0.4, -0.2) is 39.9 Å². The molecule has 2 heterocycles. The van der Waals surface area contributed by atoms with Gasteiger partial charge in [-0.05, 0) is 56.0 Å². The number of carbonyl (C=O) groups is 3. The number of furan rings is 1. The molecule has 1 aromatic heterocycles. The predicted octanol–water partition coefficient (Wildman–Crippen LogP) is 6.04. The number of nitrogens with one attached hydrogen (secondary N) is 1. The fourth-order valence-corrected chi connectivity index (χ4v) is 5.16. The molecule has 1 aliphatic heterocycles. The first-order valence-corrected chi connectivity index (χ1v) is 13.5. The molecule has 3 aromatic rings. The summed E-state index contributed by atoms with van der Waals surface area (Å²) in [5, 5.41) is 1.76. The quantitative estimate of drug-likeness (QED) is 0.293. The van der Waals surface area contributed by atoms with E-state index in [9.17, 15) is 14.4 Å². The SMILES string of the molecule is [2H]C(c1ccccc1OCCCCCC1SC(=O)NC1=O)N(C(=O)c1ccc(-c2ccco2)cc1)C1CC1. The van der Waals surface area contributed by atoms with Gasteiger partial charge in [0.25, 0.3) is 11.1 Å². The Morgan fingerprint density at radius 2 is 1.86 bits per heavy atom. The van der Waals surface area contributed by atoms with Crippen molar-refractivity contribution in [1.29, 1.82) is 0 Å². The molecule has 8 heteroatoms. The van der Waals surface area contributed by atoms with E-state index < -0.39 is 6.52 Å². The Bertz CT molecular complexity index is 1280. The second-order valence-electron chi connectivity index (χ2n) is 9.25. The maximum Gasteiger partial charge on any atom is 0.286 e. The number of hydrogen-bond acceptors (Lipinski definition) is 6. The average Bonchev–Trinajstić information content (AvgIpc) is 3.48. The lowest BCUT2D eigenvalue weighted by molar-refractivity contribution is -0.119. The smallest absolute Gasteiger partial charge is 0.286 e. The van der Waals surface area contributed by atoms with E-state index in [1.807, 2.05) is 48.5 Å². The molecule has 37 heavy (non-hydrogen) atoms. The molecule has 2 aromatic carbocycles. The van der Waals surface area contributed by atoms with Gasteiger partial charge in [-0.25, -0.2) is 0 Å². The zero-order valence-corrected chi connectivity index (χ0v) is 21.2. The van der Waals surface area contributed by atoms with Gasteiger partial charge in [-0.15, -0.1) is 0 Å². The molecule has 7 nitrogen and oxygen atoms in total. The minimum absolute atomic E-state index is 0.0420. The van der Waals surface area contributed by atoms with Gasteiger partial charge in [-0.2, -0.15) is 0 Å². The van der Waals surface area contributed by atoms with E-state index in [4.69, 9.17) is 10.5 Å². The van der Waals surface area contributed by atoms with Gasteiger partial charge in [0.1, 0.15) is 11.5 Å². The first-order valence-electron chi connectivity index (χ1n) is 13.2. The third-order valence-electron chi connectivity index (χ3n) is 6.44. The Morgan fingerprint density at radius 1 is 1.05 bits per heavy atom. The van der Waals surface area contributed by atoms with Gasteiger partial charge in [0.15, 0.2) is 0 Å². The van der Waals surface area contributed by atoms with Crippen molar-refractivity contribution in [3.63, 3.8) is 0 Å². The average molecular weight is 520 g/mol. The van der Waals surface area contributed by atoms with Crippen LogP contribution in [0.3, 0.4) is 0 Å². The Labute approximate surface area is 222 Å². The zero-order chi connectivity index (χ0) is 26.5. The van der Waals surface area contributed by atoms with E-state index in [-0.39, 0.29) is 28.3 Å². The van der Waals surface area contributed by atoms with Gasteiger partial charge < -0.3 is 14.1 Å². The van der Waals surface area contributed by atoms with Gasteiger partial charge >= 0.3 is 0 Å².